The Bertz CT molecular complexity index is 907. The fourth-order valence-electron chi connectivity index (χ4n) is 2.34. The summed E-state index contributed by atoms with van der Waals surface area (Å²) < 4.78 is 0. The number of aromatic nitrogens is 4. The standard InChI is InChI=1S/C16H9N5O2/c22-15-11-6-7-17-9-12(11)16(23)14-13(15)19-21(20-14)18-8-10-4-2-1-3-5-10/h1-9H/b18-8+. The summed E-state index contributed by atoms with van der Waals surface area (Å²) in [6.45, 7) is 0. The first kappa shape index (κ1) is 13.2. The second kappa shape index (κ2) is 5.06. The van der Waals surface area contributed by atoms with Crippen molar-refractivity contribution < 1.29 is 9.59 Å². The normalized spacial score (nSPS) is 13.2. The Kier molecular flexibility index (Phi) is 2.90. The molecule has 1 aliphatic carbocycles. The molecule has 0 fully saturated rings. The van der Waals surface area contributed by atoms with E-state index in [-0.39, 0.29) is 34.1 Å². The van der Waals surface area contributed by atoms with Crippen LogP contribution in [0.4, 0.5) is 0 Å². The van der Waals surface area contributed by atoms with Crippen LogP contribution in [0.3, 0.4) is 0 Å². The Morgan fingerprint density at radius 3 is 2.35 bits per heavy atom. The van der Waals surface area contributed by atoms with Crippen molar-refractivity contribution in [3.05, 3.63) is 76.9 Å². The number of hydrogen-bond acceptors (Lipinski definition) is 6. The molecule has 2 heterocycles. The van der Waals surface area contributed by atoms with Crippen LogP contribution < -0.4 is 0 Å². The van der Waals surface area contributed by atoms with Crippen LogP contribution in [0.15, 0.2) is 53.9 Å². The van der Waals surface area contributed by atoms with Crippen LogP contribution >= 0.6 is 0 Å². The van der Waals surface area contributed by atoms with Gasteiger partial charge in [0, 0.05) is 18.0 Å². The van der Waals surface area contributed by atoms with Gasteiger partial charge in [0.05, 0.1) is 11.8 Å². The van der Waals surface area contributed by atoms with Gasteiger partial charge in [-0.15, -0.1) is 15.3 Å². The maximum atomic E-state index is 12.4. The molecule has 7 heteroatoms. The number of rotatable bonds is 2. The molecule has 3 aromatic rings. The summed E-state index contributed by atoms with van der Waals surface area (Å²) in [7, 11) is 0. The summed E-state index contributed by atoms with van der Waals surface area (Å²) in [5.41, 5.74) is 1.40. The molecule has 0 bridgehead atoms. The topological polar surface area (TPSA) is 90.1 Å². The smallest absolute Gasteiger partial charge is 0.218 e. The van der Waals surface area contributed by atoms with Crippen LogP contribution in [-0.4, -0.2) is 37.9 Å². The molecular weight excluding hydrogens is 294 g/mol. The molecule has 0 amide bonds. The van der Waals surface area contributed by atoms with E-state index in [0.717, 1.165) is 10.5 Å². The molecule has 1 aromatic carbocycles. The minimum absolute atomic E-state index is 0.000659. The molecule has 0 spiro atoms. The Labute approximate surface area is 130 Å². The summed E-state index contributed by atoms with van der Waals surface area (Å²) in [5.74, 6) is -0.720. The summed E-state index contributed by atoms with van der Waals surface area (Å²) in [6.07, 6.45) is 4.38. The Morgan fingerprint density at radius 2 is 1.61 bits per heavy atom. The second-order valence-electron chi connectivity index (χ2n) is 4.90. The van der Waals surface area contributed by atoms with Gasteiger partial charge in [-0.05, 0) is 11.6 Å². The number of hydrogen-bond donors (Lipinski definition) is 0. The predicted octanol–water partition coefficient (Wildman–Crippen LogP) is 1.33. The van der Waals surface area contributed by atoms with E-state index in [2.05, 4.69) is 20.3 Å². The molecule has 0 saturated carbocycles. The average molecular weight is 303 g/mol. The van der Waals surface area contributed by atoms with Crippen molar-refractivity contribution >= 4 is 17.8 Å². The quantitative estimate of drug-likeness (QED) is 0.521. The zero-order valence-electron chi connectivity index (χ0n) is 11.7. The van der Waals surface area contributed by atoms with E-state index in [1.165, 1.54) is 18.5 Å². The fraction of sp³-hybridized carbons (Fsp3) is 0. The Morgan fingerprint density at radius 1 is 0.913 bits per heavy atom. The van der Waals surface area contributed by atoms with Gasteiger partial charge in [0.25, 0.3) is 0 Å². The summed E-state index contributed by atoms with van der Waals surface area (Å²) in [6, 6.07) is 10.9. The highest BCUT2D eigenvalue weighted by atomic mass is 16.1. The maximum Gasteiger partial charge on any atom is 0.218 e. The monoisotopic (exact) mass is 303 g/mol. The summed E-state index contributed by atoms with van der Waals surface area (Å²) >= 11 is 0. The lowest BCUT2D eigenvalue weighted by molar-refractivity contribution is 0.0973. The van der Waals surface area contributed by atoms with Crippen LogP contribution in [0, 0.1) is 0 Å². The molecule has 0 aliphatic heterocycles. The third-order valence-corrected chi connectivity index (χ3v) is 3.45. The van der Waals surface area contributed by atoms with E-state index < -0.39 is 0 Å². The van der Waals surface area contributed by atoms with Crippen molar-refractivity contribution in [1.82, 2.24) is 20.1 Å². The van der Waals surface area contributed by atoms with Crippen molar-refractivity contribution in [2.45, 2.75) is 0 Å². The van der Waals surface area contributed by atoms with Gasteiger partial charge in [-0.2, -0.15) is 0 Å². The van der Waals surface area contributed by atoms with Crippen LogP contribution in [0.1, 0.15) is 37.7 Å². The zero-order valence-corrected chi connectivity index (χ0v) is 11.7. The largest absolute Gasteiger partial charge is 0.287 e. The first-order valence-corrected chi connectivity index (χ1v) is 6.84. The molecule has 4 rings (SSSR count). The van der Waals surface area contributed by atoms with Crippen molar-refractivity contribution in [1.29, 1.82) is 0 Å². The second-order valence-corrected chi connectivity index (χ2v) is 4.90. The van der Waals surface area contributed by atoms with E-state index in [0.29, 0.717) is 0 Å². The highest BCUT2D eigenvalue weighted by Crippen LogP contribution is 2.23. The van der Waals surface area contributed by atoms with Crippen LogP contribution in [0.5, 0.6) is 0 Å². The molecule has 23 heavy (non-hydrogen) atoms. The van der Waals surface area contributed by atoms with Crippen molar-refractivity contribution in [2.24, 2.45) is 5.10 Å². The molecule has 0 saturated heterocycles. The number of ketones is 2. The third kappa shape index (κ3) is 2.15. The molecular formula is C16H9N5O2. The van der Waals surface area contributed by atoms with E-state index >= 15 is 0 Å². The lowest BCUT2D eigenvalue weighted by Crippen LogP contribution is -2.20. The highest BCUT2D eigenvalue weighted by Gasteiger charge is 2.34. The molecule has 110 valence electrons. The van der Waals surface area contributed by atoms with E-state index in [1.807, 2.05) is 30.3 Å². The van der Waals surface area contributed by atoms with E-state index in [1.54, 1.807) is 6.21 Å². The summed E-state index contributed by atoms with van der Waals surface area (Å²) in [4.78, 5) is 29.6. The molecule has 0 N–H and O–H groups in total. The van der Waals surface area contributed by atoms with Gasteiger partial charge < -0.3 is 0 Å². The van der Waals surface area contributed by atoms with E-state index in [9.17, 15) is 9.59 Å². The van der Waals surface area contributed by atoms with Crippen LogP contribution in [0.25, 0.3) is 0 Å². The summed E-state index contributed by atoms with van der Waals surface area (Å²) in [5, 5.41) is 12.1. The number of carbonyl (C=O) groups excluding carboxylic acids is 2. The van der Waals surface area contributed by atoms with Crippen LogP contribution in [0.2, 0.25) is 0 Å². The number of fused-ring (bicyclic) bond motifs is 2. The number of pyridine rings is 1. The van der Waals surface area contributed by atoms with Crippen molar-refractivity contribution in [2.75, 3.05) is 0 Å². The first-order chi connectivity index (χ1) is 11.2. The Balaban J connectivity index is 1.74. The lowest BCUT2D eigenvalue weighted by Gasteiger charge is -2.09. The van der Waals surface area contributed by atoms with E-state index in [4.69, 9.17) is 0 Å². The van der Waals surface area contributed by atoms with Gasteiger partial charge in [-0.25, -0.2) is 0 Å². The van der Waals surface area contributed by atoms with Gasteiger partial charge in [0.15, 0.2) is 11.4 Å². The predicted molar refractivity (Wildman–Crippen MR) is 80.6 cm³/mol. The zero-order chi connectivity index (χ0) is 15.8. The number of benzene rings is 1. The fourth-order valence-corrected chi connectivity index (χ4v) is 2.34. The molecule has 0 unspecified atom stereocenters. The van der Waals surface area contributed by atoms with Crippen molar-refractivity contribution in [3.8, 4) is 0 Å². The molecule has 0 radical (unpaired) electrons. The SMILES string of the molecule is O=C1c2ccncc2C(=O)c2nn(/N=C/c3ccccc3)nc21. The average Bonchev–Trinajstić information content (AvgIpc) is 3.04. The maximum absolute atomic E-state index is 12.4. The van der Waals surface area contributed by atoms with Crippen LogP contribution in [-0.2, 0) is 0 Å². The number of nitrogens with zero attached hydrogens (tertiary/aromatic N) is 5. The van der Waals surface area contributed by atoms with Gasteiger partial charge in [0.1, 0.15) is 0 Å². The minimum Gasteiger partial charge on any atom is -0.287 e. The number of carbonyl (C=O) groups is 2. The molecule has 1 aliphatic rings. The molecule has 2 aromatic heterocycles. The van der Waals surface area contributed by atoms with Crippen molar-refractivity contribution in [3.63, 3.8) is 0 Å². The van der Waals surface area contributed by atoms with Gasteiger partial charge >= 0.3 is 0 Å². The van der Waals surface area contributed by atoms with Gasteiger partial charge in [-0.3, -0.25) is 14.6 Å². The lowest BCUT2D eigenvalue weighted by atomic mass is 9.92. The molecule has 0 atom stereocenters. The Hall–Kier alpha value is -3.48. The third-order valence-electron chi connectivity index (χ3n) is 3.45. The minimum atomic E-state index is -0.371. The molecule has 7 nitrogen and oxygen atoms in total. The van der Waals surface area contributed by atoms with Gasteiger partial charge in [0.2, 0.25) is 11.6 Å². The highest BCUT2D eigenvalue weighted by molar-refractivity contribution is 6.26. The van der Waals surface area contributed by atoms with Gasteiger partial charge in [-0.1, -0.05) is 35.2 Å². The first-order valence-electron chi connectivity index (χ1n) is 6.84.